The van der Waals surface area contributed by atoms with E-state index in [9.17, 15) is 9.50 Å². The summed E-state index contributed by atoms with van der Waals surface area (Å²) in [6, 6.07) is 5.19. The van der Waals surface area contributed by atoms with Gasteiger partial charge in [-0.05, 0) is 59.5 Å². The van der Waals surface area contributed by atoms with Gasteiger partial charge in [-0.3, -0.25) is 0 Å². The highest BCUT2D eigenvalue weighted by Gasteiger charge is 2.35. The van der Waals surface area contributed by atoms with Crippen molar-refractivity contribution in [3.05, 3.63) is 34.1 Å². The predicted octanol–water partition coefficient (Wildman–Crippen LogP) is 5.01. The van der Waals surface area contributed by atoms with Crippen molar-refractivity contribution in [1.29, 1.82) is 0 Å². The average molecular weight is 329 g/mol. The Morgan fingerprint density at radius 3 is 2.74 bits per heavy atom. The van der Waals surface area contributed by atoms with Gasteiger partial charge in [0.2, 0.25) is 0 Å². The Bertz CT molecular complexity index is 446. The maximum absolute atomic E-state index is 14.2. The van der Waals surface area contributed by atoms with Crippen molar-refractivity contribution in [3.8, 4) is 0 Å². The lowest BCUT2D eigenvalue weighted by atomic mass is 9.84. The van der Waals surface area contributed by atoms with Gasteiger partial charge >= 0.3 is 0 Å². The van der Waals surface area contributed by atoms with Crippen LogP contribution in [0.3, 0.4) is 0 Å². The van der Waals surface area contributed by atoms with E-state index in [1.807, 2.05) is 0 Å². The quantitative estimate of drug-likeness (QED) is 0.756. The van der Waals surface area contributed by atoms with Gasteiger partial charge in [-0.25, -0.2) is 4.39 Å². The molecular weight excluding hydrogens is 307 g/mol. The Kier molecular flexibility index (Phi) is 4.67. The first kappa shape index (κ1) is 15.0. The molecule has 1 nitrogen and oxygen atoms in total. The molecule has 2 rings (SSSR count). The van der Waals surface area contributed by atoms with Crippen LogP contribution in [0.25, 0.3) is 0 Å². The normalized spacial score (nSPS) is 28.4. The summed E-state index contributed by atoms with van der Waals surface area (Å²) in [5, 5.41) is 10.9. The van der Waals surface area contributed by atoms with E-state index < -0.39 is 5.60 Å². The molecule has 1 aromatic carbocycles. The van der Waals surface area contributed by atoms with Crippen molar-refractivity contribution in [1.82, 2.24) is 0 Å². The van der Waals surface area contributed by atoms with Gasteiger partial charge in [0.15, 0.2) is 0 Å². The summed E-state index contributed by atoms with van der Waals surface area (Å²) in [4.78, 5) is 0. The fourth-order valence-corrected chi connectivity index (χ4v) is 3.52. The molecule has 19 heavy (non-hydrogen) atoms. The molecule has 1 saturated carbocycles. The summed E-state index contributed by atoms with van der Waals surface area (Å²) < 4.78 is 14.6. The smallest absolute Gasteiger partial charge is 0.143 e. The first-order chi connectivity index (χ1) is 8.94. The maximum atomic E-state index is 14.2. The zero-order valence-electron chi connectivity index (χ0n) is 11.6. The third-order valence-electron chi connectivity index (χ3n) is 4.49. The molecule has 1 fully saturated rings. The van der Waals surface area contributed by atoms with Crippen LogP contribution in [-0.4, -0.2) is 5.11 Å². The minimum absolute atomic E-state index is 0.312. The molecular formula is C16H22BrFO. The second-order valence-corrected chi connectivity index (χ2v) is 6.92. The number of aliphatic hydroxyl groups is 1. The lowest BCUT2D eigenvalue weighted by Crippen LogP contribution is -2.26. The van der Waals surface area contributed by atoms with Gasteiger partial charge in [0.1, 0.15) is 5.82 Å². The molecule has 106 valence electrons. The van der Waals surface area contributed by atoms with E-state index in [1.54, 1.807) is 18.2 Å². The van der Waals surface area contributed by atoms with Crippen molar-refractivity contribution in [2.75, 3.05) is 0 Å². The fraction of sp³-hybridized carbons (Fsp3) is 0.625. The third kappa shape index (κ3) is 3.19. The molecule has 3 heteroatoms. The van der Waals surface area contributed by atoms with Gasteiger partial charge in [-0.15, -0.1) is 0 Å². The molecule has 1 aliphatic carbocycles. The number of hydrogen-bond acceptors (Lipinski definition) is 1. The van der Waals surface area contributed by atoms with Crippen LogP contribution < -0.4 is 0 Å². The van der Waals surface area contributed by atoms with Crippen LogP contribution in [-0.2, 0) is 5.60 Å². The Morgan fingerprint density at radius 2 is 2.05 bits per heavy atom. The highest BCUT2D eigenvalue weighted by molar-refractivity contribution is 9.10. The third-order valence-corrected chi connectivity index (χ3v) is 5.10. The summed E-state index contributed by atoms with van der Waals surface area (Å²) in [6.07, 6.45) is 4.38. The molecule has 0 amide bonds. The maximum Gasteiger partial charge on any atom is 0.143 e. The summed E-state index contributed by atoms with van der Waals surface area (Å²) >= 11 is 3.21. The van der Waals surface area contributed by atoms with Gasteiger partial charge in [0.25, 0.3) is 0 Å². The van der Waals surface area contributed by atoms with Crippen LogP contribution in [0.5, 0.6) is 0 Å². The van der Waals surface area contributed by atoms with E-state index in [0.717, 1.165) is 19.3 Å². The summed E-state index contributed by atoms with van der Waals surface area (Å²) in [5.41, 5.74) is -0.552. The van der Waals surface area contributed by atoms with E-state index in [4.69, 9.17) is 0 Å². The van der Waals surface area contributed by atoms with Crippen molar-refractivity contribution in [2.24, 2.45) is 11.8 Å². The summed E-state index contributed by atoms with van der Waals surface area (Å²) in [5.74, 6) is 0.965. The molecule has 1 N–H and O–H groups in total. The van der Waals surface area contributed by atoms with E-state index in [1.165, 1.54) is 0 Å². The van der Waals surface area contributed by atoms with E-state index in [0.29, 0.717) is 34.7 Å². The molecule has 0 aliphatic heterocycles. The zero-order chi connectivity index (χ0) is 14.0. The van der Waals surface area contributed by atoms with E-state index in [-0.39, 0.29) is 5.82 Å². The topological polar surface area (TPSA) is 20.2 Å². The minimum Gasteiger partial charge on any atom is -0.385 e. The summed E-state index contributed by atoms with van der Waals surface area (Å²) in [7, 11) is 0. The molecule has 0 bridgehead atoms. The van der Waals surface area contributed by atoms with Crippen LogP contribution >= 0.6 is 15.9 Å². The lowest BCUT2D eigenvalue weighted by molar-refractivity contribution is 0.0156. The van der Waals surface area contributed by atoms with Crippen molar-refractivity contribution in [2.45, 2.75) is 51.6 Å². The SMILES string of the molecule is CC(C)C1CCCC(O)(c2cccc(Br)c2F)CC1. The highest BCUT2D eigenvalue weighted by Crippen LogP contribution is 2.41. The second kappa shape index (κ2) is 5.92. The number of halogens is 2. The van der Waals surface area contributed by atoms with Crippen molar-refractivity contribution in [3.63, 3.8) is 0 Å². The van der Waals surface area contributed by atoms with Gasteiger partial charge in [0.05, 0.1) is 10.1 Å². The molecule has 2 atom stereocenters. The Hall–Kier alpha value is -0.410. The van der Waals surface area contributed by atoms with Crippen LogP contribution in [0.4, 0.5) is 4.39 Å². The van der Waals surface area contributed by atoms with Crippen molar-refractivity contribution < 1.29 is 9.50 Å². The van der Waals surface area contributed by atoms with Crippen LogP contribution in [0.1, 0.15) is 51.5 Å². The van der Waals surface area contributed by atoms with Crippen LogP contribution in [0.2, 0.25) is 0 Å². The second-order valence-electron chi connectivity index (χ2n) is 6.07. The van der Waals surface area contributed by atoms with Crippen molar-refractivity contribution >= 4 is 15.9 Å². The average Bonchev–Trinajstić information content (AvgIpc) is 2.55. The van der Waals surface area contributed by atoms with Crippen LogP contribution in [0.15, 0.2) is 22.7 Å². The molecule has 1 aliphatic rings. The Labute approximate surface area is 123 Å². The Morgan fingerprint density at radius 1 is 1.32 bits per heavy atom. The van der Waals surface area contributed by atoms with E-state index >= 15 is 0 Å². The number of benzene rings is 1. The predicted molar refractivity (Wildman–Crippen MR) is 79.4 cm³/mol. The zero-order valence-corrected chi connectivity index (χ0v) is 13.2. The molecule has 2 unspecified atom stereocenters. The van der Waals surface area contributed by atoms with Gasteiger partial charge < -0.3 is 5.11 Å². The monoisotopic (exact) mass is 328 g/mol. The lowest BCUT2D eigenvalue weighted by Gasteiger charge is -2.28. The number of hydrogen-bond donors (Lipinski definition) is 1. The number of rotatable bonds is 2. The minimum atomic E-state index is -1.00. The fourth-order valence-electron chi connectivity index (χ4n) is 3.15. The standard InChI is InChI=1S/C16H22BrFO/c1-11(2)12-5-4-9-16(19,10-8-12)13-6-3-7-14(17)15(13)18/h3,6-7,11-12,19H,4-5,8-10H2,1-2H3. The van der Waals surface area contributed by atoms with Gasteiger partial charge in [0, 0.05) is 5.56 Å². The largest absolute Gasteiger partial charge is 0.385 e. The highest BCUT2D eigenvalue weighted by atomic mass is 79.9. The first-order valence-electron chi connectivity index (χ1n) is 7.11. The van der Waals surface area contributed by atoms with Gasteiger partial charge in [-0.2, -0.15) is 0 Å². The van der Waals surface area contributed by atoms with Gasteiger partial charge in [-0.1, -0.05) is 32.4 Å². The molecule has 0 spiro atoms. The molecule has 0 saturated heterocycles. The molecule has 0 aromatic heterocycles. The molecule has 1 aromatic rings. The summed E-state index contributed by atoms with van der Waals surface area (Å²) in [6.45, 7) is 4.46. The van der Waals surface area contributed by atoms with E-state index in [2.05, 4.69) is 29.8 Å². The molecule has 0 radical (unpaired) electrons. The first-order valence-corrected chi connectivity index (χ1v) is 7.90. The Balaban J connectivity index is 2.25. The molecule has 0 heterocycles. The van der Waals surface area contributed by atoms with Crippen LogP contribution in [0, 0.1) is 17.7 Å².